The van der Waals surface area contributed by atoms with Crippen molar-refractivity contribution in [3.63, 3.8) is 0 Å². The van der Waals surface area contributed by atoms with Crippen molar-refractivity contribution in [2.24, 2.45) is 0 Å². The third kappa shape index (κ3) is 3.39. The van der Waals surface area contributed by atoms with E-state index in [4.69, 9.17) is 4.42 Å². The molecule has 3 nitrogen and oxygen atoms in total. The Balaban J connectivity index is 1.93. The summed E-state index contributed by atoms with van der Waals surface area (Å²) >= 11 is 0. The minimum absolute atomic E-state index is 0.205. The lowest BCUT2D eigenvalue weighted by molar-refractivity contribution is 0.314. The highest BCUT2D eigenvalue weighted by Crippen LogP contribution is 2.09. The molecule has 0 aliphatic heterocycles. The van der Waals surface area contributed by atoms with Crippen LogP contribution in [0, 0.1) is 12.7 Å². The maximum absolute atomic E-state index is 12.7. The molecule has 2 rings (SSSR count). The molecule has 90 valence electrons. The number of rotatable bonds is 4. The van der Waals surface area contributed by atoms with Gasteiger partial charge in [0.05, 0.1) is 5.69 Å². The van der Waals surface area contributed by atoms with Gasteiger partial charge >= 0.3 is 0 Å². The Kier molecular flexibility index (Phi) is 3.54. The Labute approximate surface area is 99.9 Å². The number of aryl methyl sites for hydroxylation is 1. The summed E-state index contributed by atoms with van der Waals surface area (Å²) in [7, 11) is 1.99. The Morgan fingerprint density at radius 3 is 2.53 bits per heavy atom. The number of hydrogen-bond donors (Lipinski definition) is 0. The van der Waals surface area contributed by atoms with Crippen LogP contribution in [-0.2, 0) is 13.1 Å². The first-order chi connectivity index (χ1) is 8.13. The minimum atomic E-state index is -0.205. The molecule has 1 aromatic heterocycles. The van der Waals surface area contributed by atoms with Crippen LogP contribution in [-0.4, -0.2) is 16.9 Å². The number of nitrogens with zero attached hydrogens (tertiary/aromatic N) is 2. The first-order valence-electron chi connectivity index (χ1n) is 5.47. The molecule has 0 atom stereocenters. The second kappa shape index (κ2) is 5.10. The fraction of sp³-hybridized carbons (Fsp3) is 0.308. The molecule has 2 aromatic rings. The van der Waals surface area contributed by atoms with E-state index in [2.05, 4.69) is 9.88 Å². The van der Waals surface area contributed by atoms with Crippen molar-refractivity contribution >= 4 is 0 Å². The molecule has 0 bridgehead atoms. The summed E-state index contributed by atoms with van der Waals surface area (Å²) in [5.41, 5.74) is 1.99. The molecule has 0 N–H and O–H groups in total. The summed E-state index contributed by atoms with van der Waals surface area (Å²) in [5, 5.41) is 0. The molecular formula is C13H15FN2O. The molecule has 0 amide bonds. The topological polar surface area (TPSA) is 29.3 Å². The van der Waals surface area contributed by atoms with Gasteiger partial charge in [-0.2, -0.15) is 0 Å². The first kappa shape index (κ1) is 11.8. The second-order valence-corrected chi connectivity index (χ2v) is 4.16. The molecule has 0 unspecified atom stereocenters. The van der Waals surface area contributed by atoms with Crippen LogP contribution >= 0.6 is 0 Å². The lowest BCUT2D eigenvalue weighted by Gasteiger charge is -2.14. The molecule has 0 aliphatic rings. The molecule has 17 heavy (non-hydrogen) atoms. The third-order valence-corrected chi connectivity index (χ3v) is 2.46. The molecule has 0 spiro atoms. The highest BCUT2D eigenvalue weighted by molar-refractivity contribution is 5.15. The van der Waals surface area contributed by atoms with E-state index in [1.165, 1.54) is 12.1 Å². The normalized spacial score (nSPS) is 11.1. The average Bonchev–Trinajstić information content (AvgIpc) is 2.67. The van der Waals surface area contributed by atoms with Crippen molar-refractivity contribution < 1.29 is 8.81 Å². The van der Waals surface area contributed by atoms with Crippen LogP contribution in [0.3, 0.4) is 0 Å². The zero-order valence-electron chi connectivity index (χ0n) is 9.98. The number of halogens is 1. The zero-order valence-corrected chi connectivity index (χ0v) is 9.98. The van der Waals surface area contributed by atoms with Crippen LogP contribution in [0.25, 0.3) is 0 Å². The van der Waals surface area contributed by atoms with Crippen molar-refractivity contribution in [2.45, 2.75) is 20.0 Å². The third-order valence-electron chi connectivity index (χ3n) is 2.46. The van der Waals surface area contributed by atoms with Gasteiger partial charge in [-0.15, -0.1) is 0 Å². The summed E-state index contributed by atoms with van der Waals surface area (Å²) in [6.07, 6.45) is 1.66. The maximum Gasteiger partial charge on any atom is 0.191 e. The predicted molar refractivity (Wildman–Crippen MR) is 62.8 cm³/mol. The predicted octanol–water partition coefficient (Wildman–Crippen LogP) is 2.75. The van der Waals surface area contributed by atoms with Crippen LogP contribution in [0.1, 0.15) is 17.1 Å². The summed E-state index contributed by atoms with van der Waals surface area (Å²) < 4.78 is 17.9. The molecule has 0 aliphatic carbocycles. The number of oxazole rings is 1. The quantitative estimate of drug-likeness (QED) is 0.814. The van der Waals surface area contributed by atoms with E-state index in [1.54, 1.807) is 18.4 Å². The summed E-state index contributed by atoms with van der Waals surface area (Å²) in [6, 6.07) is 6.53. The molecular weight excluding hydrogens is 219 g/mol. The van der Waals surface area contributed by atoms with Crippen molar-refractivity contribution in [1.82, 2.24) is 9.88 Å². The lowest BCUT2D eigenvalue weighted by Crippen LogP contribution is -2.17. The van der Waals surface area contributed by atoms with E-state index in [0.717, 1.165) is 17.8 Å². The first-order valence-corrected chi connectivity index (χ1v) is 5.47. The Morgan fingerprint density at radius 1 is 1.24 bits per heavy atom. The van der Waals surface area contributed by atoms with E-state index in [-0.39, 0.29) is 5.82 Å². The van der Waals surface area contributed by atoms with Crippen molar-refractivity contribution in [2.75, 3.05) is 7.05 Å². The van der Waals surface area contributed by atoms with Crippen LogP contribution in [0.15, 0.2) is 34.9 Å². The molecule has 1 aromatic carbocycles. The van der Waals surface area contributed by atoms with Crippen LogP contribution in [0.4, 0.5) is 4.39 Å². The fourth-order valence-corrected chi connectivity index (χ4v) is 1.71. The van der Waals surface area contributed by atoms with Gasteiger partial charge in [-0.05, 0) is 24.7 Å². The fourth-order valence-electron chi connectivity index (χ4n) is 1.71. The van der Waals surface area contributed by atoms with E-state index < -0.39 is 0 Å². The summed E-state index contributed by atoms with van der Waals surface area (Å²) in [4.78, 5) is 6.34. The lowest BCUT2D eigenvalue weighted by atomic mass is 10.2. The van der Waals surface area contributed by atoms with Crippen LogP contribution in [0.5, 0.6) is 0 Å². The Morgan fingerprint density at radius 2 is 1.94 bits per heavy atom. The second-order valence-electron chi connectivity index (χ2n) is 4.16. The smallest absolute Gasteiger partial charge is 0.191 e. The van der Waals surface area contributed by atoms with E-state index >= 15 is 0 Å². The van der Waals surface area contributed by atoms with Crippen molar-refractivity contribution in [3.05, 3.63) is 53.5 Å². The summed E-state index contributed by atoms with van der Waals surface area (Å²) in [6.45, 7) is 3.30. The monoisotopic (exact) mass is 234 g/mol. The van der Waals surface area contributed by atoms with Gasteiger partial charge in [0.25, 0.3) is 0 Å². The molecule has 4 heteroatoms. The van der Waals surface area contributed by atoms with Crippen LogP contribution in [0.2, 0.25) is 0 Å². The molecule has 0 saturated heterocycles. The molecule has 1 heterocycles. The van der Waals surface area contributed by atoms with Crippen molar-refractivity contribution in [1.29, 1.82) is 0 Å². The van der Waals surface area contributed by atoms with Gasteiger partial charge in [-0.1, -0.05) is 12.1 Å². The number of benzene rings is 1. The van der Waals surface area contributed by atoms with Gasteiger partial charge in [0.2, 0.25) is 0 Å². The average molecular weight is 234 g/mol. The highest BCUT2D eigenvalue weighted by atomic mass is 19.1. The van der Waals surface area contributed by atoms with E-state index in [0.29, 0.717) is 12.4 Å². The summed E-state index contributed by atoms with van der Waals surface area (Å²) in [5.74, 6) is 0.471. The van der Waals surface area contributed by atoms with Gasteiger partial charge < -0.3 is 4.42 Å². The van der Waals surface area contributed by atoms with Gasteiger partial charge in [0, 0.05) is 20.0 Å². The molecule has 0 radical (unpaired) electrons. The molecule has 0 fully saturated rings. The SMILES string of the molecule is Cc1nc(CN(C)Cc2ccc(F)cc2)co1. The highest BCUT2D eigenvalue weighted by Gasteiger charge is 2.05. The van der Waals surface area contributed by atoms with Gasteiger partial charge in [-0.25, -0.2) is 9.37 Å². The maximum atomic E-state index is 12.7. The Hall–Kier alpha value is -1.68. The van der Waals surface area contributed by atoms with Gasteiger partial charge in [-0.3, -0.25) is 4.90 Å². The van der Waals surface area contributed by atoms with Gasteiger partial charge in [0.1, 0.15) is 12.1 Å². The Bertz CT molecular complexity index is 478. The largest absolute Gasteiger partial charge is 0.449 e. The van der Waals surface area contributed by atoms with Crippen LogP contribution < -0.4 is 0 Å². The van der Waals surface area contributed by atoms with E-state index in [9.17, 15) is 4.39 Å². The molecule has 0 saturated carbocycles. The minimum Gasteiger partial charge on any atom is -0.449 e. The van der Waals surface area contributed by atoms with Crippen molar-refractivity contribution in [3.8, 4) is 0 Å². The van der Waals surface area contributed by atoms with Gasteiger partial charge in [0.15, 0.2) is 5.89 Å². The van der Waals surface area contributed by atoms with E-state index in [1.807, 2.05) is 14.0 Å². The number of hydrogen-bond acceptors (Lipinski definition) is 3. The number of aromatic nitrogens is 1. The zero-order chi connectivity index (χ0) is 12.3. The standard InChI is InChI=1S/C13H15FN2O/c1-10-15-13(9-17-10)8-16(2)7-11-3-5-12(14)6-4-11/h3-6,9H,7-8H2,1-2H3.